The van der Waals surface area contributed by atoms with Crippen LogP contribution in [0.15, 0.2) is 12.1 Å². The molecular weight excluding hydrogens is 234 g/mol. The fourth-order valence-electron chi connectivity index (χ4n) is 2.03. The molecule has 4 heteroatoms. The average molecular weight is 253 g/mol. The Bertz CT molecular complexity index is 401. The summed E-state index contributed by atoms with van der Waals surface area (Å²) < 4.78 is 0. The SMILES string of the molecule is CCc1ccc(C(=O)N2CCC(C)(O)CC2)s1. The van der Waals surface area contributed by atoms with E-state index in [1.54, 1.807) is 11.3 Å². The first kappa shape index (κ1) is 12.6. The van der Waals surface area contributed by atoms with Gasteiger partial charge < -0.3 is 10.0 Å². The number of rotatable bonds is 2. The smallest absolute Gasteiger partial charge is 0.263 e. The molecule has 0 spiro atoms. The van der Waals surface area contributed by atoms with Crippen LogP contribution >= 0.6 is 11.3 Å². The monoisotopic (exact) mass is 253 g/mol. The molecule has 94 valence electrons. The molecule has 1 amide bonds. The van der Waals surface area contributed by atoms with Gasteiger partial charge in [0.2, 0.25) is 0 Å². The summed E-state index contributed by atoms with van der Waals surface area (Å²) in [5, 5.41) is 9.85. The van der Waals surface area contributed by atoms with E-state index in [2.05, 4.69) is 6.92 Å². The summed E-state index contributed by atoms with van der Waals surface area (Å²) in [6.07, 6.45) is 2.32. The van der Waals surface area contributed by atoms with Gasteiger partial charge in [-0.25, -0.2) is 0 Å². The van der Waals surface area contributed by atoms with Crippen molar-refractivity contribution >= 4 is 17.2 Å². The molecular formula is C13H19NO2S. The van der Waals surface area contributed by atoms with Crippen LogP contribution in [0.1, 0.15) is 41.2 Å². The van der Waals surface area contributed by atoms with E-state index >= 15 is 0 Å². The van der Waals surface area contributed by atoms with Crippen LogP contribution in [0.4, 0.5) is 0 Å². The van der Waals surface area contributed by atoms with Crippen LogP contribution < -0.4 is 0 Å². The van der Waals surface area contributed by atoms with Crippen LogP contribution in [-0.4, -0.2) is 34.6 Å². The molecule has 1 aliphatic heterocycles. The quantitative estimate of drug-likeness (QED) is 0.878. The molecule has 1 fully saturated rings. The third-order valence-electron chi connectivity index (χ3n) is 3.35. The molecule has 1 aliphatic rings. The first-order valence-electron chi connectivity index (χ1n) is 6.12. The summed E-state index contributed by atoms with van der Waals surface area (Å²) in [6.45, 7) is 5.25. The van der Waals surface area contributed by atoms with Crippen molar-refractivity contribution in [2.75, 3.05) is 13.1 Å². The van der Waals surface area contributed by atoms with E-state index in [1.807, 2.05) is 24.0 Å². The second-order valence-corrected chi connectivity index (χ2v) is 6.08. The van der Waals surface area contributed by atoms with Gasteiger partial charge in [-0.2, -0.15) is 0 Å². The maximum absolute atomic E-state index is 12.2. The highest BCUT2D eigenvalue weighted by molar-refractivity contribution is 7.14. The zero-order chi connectivity index (χ0) is 12.5. The highest BCUT2D eigenvalue weighted by atomic mass is 32.1. The van der Waals surface area contributed by atoms with E-state index in [-0.39, 0.29) is 5.91 Å². The molecule has 0 radical (unpaired) electrons. The third-order valence-corrected chi connectivity index (χ3v) is 4.57. The van der Waals surface area contributed by atoms with Crippen LogP contribution in [0.2, 0.25) is 0 Å². The number of aliphatic hydroxyl groups is 1. The lowest BCUT2D eigenvalue weighted by Gasteiger charge is -2.35. The summed E-state index contributed by atoms with van der Waals surface area (Å²) >= 11 is 1.58. The van der Waals surface area contributed by atoms with Gasteiger partial charge in [-0.05, 0) is 38.3 Å². The number of amides is 1. The Morgan fingerprint density at radius 1 is 1.47 bits per heavy atom. The van der Waals surface area contributed by atoms with Gasteiger partial charge in [0.05, 0.1) is 10.5 Å². The van der Waals surface area contributed by atoms with Crippen molar-refractivity contribution in [2.45, 2.75) is 38.7 Å². The first-order chi connectivity index (χ1) is 8.02. The molecule has 0 atom stereocenters. The molecule has 1 aromatic heterocycles. The van der Waals surface area contributed by atoms with E-state index in [0.717, 1.165) is 11.3 Å². The van der Waals surface area contributed by atoms with Crippen LogP contribution in [0, 0.1) is 0 Å². The zero-order valence-corrected chi connectivity index (χ0v) is 11.2. The molecule has 0 saturated carbocycles. The summed E-state index contributed by atoms with van der Waals surface area (Å²) in [4.78, 5) is 16.1. The normalized spacial score (nSPS) is 19.4. The van der Waals surface area contributed by atoms with E-state index in [9.17, 15) is 9.90 Å². The number of nitrogens with zero attached hydrogens (tertiary/aromatic N) is 1. The number of carbonyl (C=O) groups excluding carboxylic acids is 1. The summed E-state index contributed by atoms with van der Waals surface area (Å²) in [7, 11) is 0. The fraction of sp³-hybridized carbons (Fsp3) is 0.615. The number of carbonyl (C=O) groups is 1. The summed E-state index contributed by atoms with van der Waals surface area (Å²) in [6, 6.07) is 3.94. The predicted molar refractivity (Wildman–Crippen MR) is 69.5 cm³/mol. The number of piperidine rings is 1. The van der Waals surface area contributed by atoms with Gasteiger partial charge >= 0.3 is 0 Å². The highest BCUT2D eigenvalue weighted by Crippen LogP contribution is 2.24. The van der Waals surface area contributed by atoms with Crippen molar-refractivity contribution in [2.24, 2.45) is 0 Å². The molecule has 0 aliphatic carbocycles. The fourth-order valence-corrected chi connectivity index (χ4v) is 2.95. The Labute approximate surface area is 106 Å². The third kappa shape index (κ3) is 2.87. The molecule has 1 aromatic rings. The standard InChI is InChI=1S/C13H19NO2S/c1-3-10-4-5-11(17-10)12(15)14-8-6-13(2,16)7-9-14/h4-5,16H,3,6-9H2,1-2H3. The van der Waals surface area contributed by atoms with Crippen molar-refractivity contribution in [3.05, 3.63) is 21.9 Å². The van der Waals surface area contributed by atoms with Crippen molar-refractivity contribution in [3.63, 3.8) is 0 Å². The Morgan fingerprint density at radius 3 is 2.65 bits per heavy atom. The molecule has 0 bridgehead atoms. The largest absolute Gasteiger partial charge is 0.390 e. The minimum absolute atomic E-state index is 0.116. The Hall–Kier alpha value is -0.870. The molecule has 0 unspecified atom stereocenters. The van der Waals surface area contributed by atoms with Gasteiger partial charge in [0.15, 0.2) is 0 Å². The molecule has 1 N–H and O–H groups in total. The first-order valence-corrected chi connectivity index (χ1v) is 6.94. The van der Waals surface area contributed by atoms with Crippen molar-refractivity contribution in [3.8, 4) is 0 Å². The minimum Gasteiger partial charge on any atom is -0.390 e. The number of hydrogen-bond acceptors (Lipinski definition) is 3. The van der Waals surface area contributed by atoms with Crippen LogP contribution in [0.25, 0.3) is 0 Å². The Balaban J connectivity index is 2.01. The number of thiophene rings is 1. The average Bonchev–Trinajstić information content (AvgIpc) is 2.76. The van der Waals surface area contributed by atoms with Gasteiger partial charge in [-0.3, -0.25) is 4.79 Å². The lowest BCUT2D eigenvalue weighted by Crippen LogP contribution is -2.44. The summed E-state index contributed by atoms with van der Waals surface area (Å²) in [5.41, 5.74) is -0.596. The molecule has 3 nitrogen and oxygen atoms in total. The summed E-state index contributed by atoms with van der Waals surface area (Å²) in [5.74, 6) is 0.116. The van der Waals surface area contributed by atoms with E-state index in [4.69, 9.17) is 0 Å². The lowest BCUT2D eigenvalue weighted by molar-refractivity contribution is -0.00188. The van der Waals surface area contributed by atoms with Gasteiger partial charge in [0, 0.05) is 18.0 Å². The van der Waals surface area contributed by atoms with E-state index in [0.29, 0.717) is 25.9 Å². The maximum atomic E-state index is 12.2. The van der Waals surface area contributed by atoms with Crippen molar-refractivity contribution in [1.29, 1.82) is 0 Å². The topological polar surface area (TPSA) is 40.5 Å². The van der Waals surface area contributed by atoms with Crippen LogP contribution in [0.3, 0.4) is 0 Å². The molecule has 2 heterocycles. The molecule has 0 aromatic carbocycles. The van der Waals surface area contributed by atoms with Crippen molar-refractivity contribution < 1.29 is 9.90 Å². The molecule has 1 saturated heterocycles. The molecule has 2 rings (SSSR count). The van der Waals surface area contributed by atoms with E-state index in [1.165, 1.54) is 4.88 Å². The van der Waals surface area contributed by atoms with Crippen LogP contribution in [-0.2, 0) is 6.42 Å². The van der Waals surface area contributed by atoms with Gasteiger partial charge in [0.25, 0.3) is 5.91 Å². The highest BCUT2D eigenvalue weighted by Gasteiger charge is 2.30. The Morgan fingerprint density at radius 2 is 2.12 bits per heavy atom. The Kier molecular flexibility index (Phi) is 3.54. The van der Waals surface area contributed by atoms with Gasteiger partial charge in [-0.1, -0.05) is 6.92 Å². The van der Waals surface area contributed by atoms with Crippen molar-refractivity contribution in [1.82, 2.24) is 4.90 Å². The van der Waals surface area contributed by atoms with Gasteiger partial charge in [0.1, 0.15) is 0 Å². The number of aryl methyl sites for hydroxylation is 1. The number of hydrogen-bond donors (Lipinski definition) is 1. The second kappa shape index (κ2) is 4.78. The van der Waals surface area contributed by atoms with Crippen LogP contribution in [0.5, 0.6) is 0 Å². The second-order valence-electron chi connectivity index (χ2n) is 4.91. The predicted octanol–water partition coefficient (Wildman–Crippen LogP) is 2.30. The minimum atomic E-state index is -0.596. The zero-order valence-electron chi connectivity index (χ0n) is 10.4. The van der Waals surface area contributed by atoms with E-state index < -0.39 is 5.60 Å². The van der Waals surface area contributed by atoms with Gasteiger partial charge in [-0.15, -0.1) is 11.3 Å². The maximum Gasteiger partial charge on any atom is 0.263 e. The molecule has 17 heavy (non-hydrogen) atoms. The lowest BCUT2D eigenvalue weighted by atomic mass is 9.94. The number of likely N-dealkylation sites (tertiary alicyclic amines) is 1.